The lowest BCUT2D eigenvalue weighted by Crippen LogP contribution is -2.15. The number of nitrogens with zero attached hydrogens (tertiary/aromatic N) is 2. The Kier molecular flexibility index (Phi) is 6.72. The van der Waals surface area contributed by atoms with Crippen molar-refractivity contribution in [3.05, 3.63) is 193 Å². The van der Waals surface area contributed by atoms with Gasteiger partial charge in [-0.05, 0) is 119 Å². The smallest absolute Gasteiger partial charge is 0.0972 e. The van der Waals surface area contributed by atoms with Crippen LogP contribution in [0.25, 0.3) is 111 Å². The molecule has 0 saturated carbocycles. The van der Waals surface area contributed by atoms with Crippen LogP contribution in [-0.2, 0) is 5.41 Å². The molecule has 0 radical (unpaired) electrons. The van der Waals surface area contributed by atoms with Gasteiger partial charge in [0.25, 0.3) is 0 Å². The lowest BCUT2D eigenvalue weighted by molar-refractivity contribution is 0.661. The lowest BCUT2D eigenvalue weighted by Gasteiger charge is -2.24. The monoisotopic (exact) mass is 724 g/mol. The van der Waals surface area contributed by atoms with Gasteiger partial charge in [0, 0.05) is 27.9 Å². The molecule has 0 amide bonds. The summed E-state index contributed by atoms with van der Waals surface area (Å²) in [5.41, 5.74) is 21.8. The zero-order valence-corrected chi connectivity index (χ0v) is 31.7. The molecule has 2 aromatic heterocycles. The molecule has 2 aliphatic carbocycles. The Morgan fingerprint density at radius 1 is 0.368 bits per heavy atom. The summed E-state index contributed by atoms with van der Waals surface area (Å²) in [7, 11) is 0. The second-order valence-corrected chi connectivity index (χ2v) is 16.1. The van der Waals surface area contributed by atoms with E-state index in [1.165, 1.54) is 88.7 Å². The van der Waals surface area contributed by atoms with Gasteiger partial charge in [0.2, 0.25) is 0 Å². The number of aromatic nitrogens is 2. The molecule has 8 aromatic carbocycles. The molecule has 57 heavy (non-hydrogen) atoms. The zero-order valence-electron chi connectivity index (χ0n) is 31.7. The Balaban J connectivity index is 1.06. The fourth-order valence-corrected chi connectivity index (χ4v) is 9.92. The molecule has 2 heterocycles. The number of hydrogen-bond acceptors (Lipinski definition) is 2. The SMILES string of the molecule is CC1(C)c2cc(-c3ccc4ccc5cccnc5c4n3)ccc2-c2ccc(-c3cc(-c4ccccc4)c4c(c3-c3ccccc3)-c3cccc5cccc-4c35)cc21. The first-order valence-corrected chi connectivity index (χ1v) is 19.8. The van der Waals surface area contributed by atoms with Crippen LogP contribution in [0.4, 0.5) is 0 Å². The fourth-order valence-electron chi connectivity index (χ4n) is 9.92. The second kappa shape index (κ2) is 11.9. The van der Waals surface area contributed by atoms with E-state index in [1.54, 1.807) is 0 Å². The zero-order chi connectivity index (χ0) is 37.8. The molecule has 12 rings (SSSR count). The Morgan fingerprint density at radius 3 is 1.70 bits per heavy atom. The van der Waals surface area contributed by atoms with Crippen LogP contribution in [0.15, 0.2) is 182 Å². The van der Waals surface area contributed by atoms with Crippen molar-refractivity contribution in [2.75, 3.05) is 0 Å². The van der Waals surface area contributed by atoms with Gasteiger partial charge in [0.05, 0.1) is 16.7 Å². The Bertz CT molecular complexity index is 3300. The van der Waals surface area contributed by atoms with Crippen LogP contribution >= 0.6 is 0 Å². The number of benzene rings is 8. The molecular formula is C55H36N2. The molecule has 2 aliphatic rings. The van der Waals surface area contributed by atoms with Crippen molar-refractivity contribution in [2.24, 2.45) is 0 Å². The molecule has 0 spiro atoms. The van der Waals surface area contributed by atoms with Crippen molar-refractivity contribution < 1.29 is 0 Å². The molecule has 266 valence electrons. The topological polar surface area (TPSA) is 25.8 Å². The summed E-state index contributed by atoms with van der Waals surface area (Å²) >= 11 is 0. The van der Waals surface area contributed by atoms with Crippen molar-refractivity contribution in [3.63, 3.8) is 0 Å². The lowest BCUT2D eigenvalue weighted by atomic mass is 9.79. The van der Waals surface area contributed by atoms with Gasteiger partial charge >= 0.3 is 0 Å². The van der Waals surface area contributed by atoms with Gasteiger partial charge in [-0.2, -0.15) is 0 Å². The number of hydrogen-bond donors (Lipinski definition) is 0. The molecule has 0 fully saturated rings. The largest absolute Gasteiger partial charge is 0.254 e. The predicted molar refractivity (Wildman–Crippen MR) is 238 cm³/mol. The van der Waals surface area contributed by atoms with Crippen molar-refractivity contribution in [2.45, 2.75) is 19.3 Å². The summed E-state index contributed by atoms with van der Waals surface area (Å²) in [6.45, 7) is 4.76. The van der Waals surface area contributed by atoms with Crippen molar-refractivity contribution in [1.82, 2.24) is 9.97 Å². The van der Waals surface area contributed by atoms with Crippen molar-refractivity contribution >= 4 is 32.6 Å². The average molecular weight is 725 g/mol. The summed E-state index contributed by atoms with van der Waals surface area (Å²) in [6, 6.07) is 64.8. The van der Waals surface area contributed by atoms with Crippen molar-refractivity contribution in [1.29, 1.82) is 0 Å². The third-order valence-electron chi connectivity index (χ3n) is 12.6. The van der Waals surface area contributed by atoms with Gasteiger partial charge in [-0.15, -0.1) is 0 Å². The maximum absolute atomic E-state index is 5.22. The minimum absolute atomic E-state index is 0.227. The summed E-state index contributed by atoms with van der Waals surface area (Å²) in [4.78, 5) is 9.93. The molecule has 0 saturated heterocycles. The molecule has 2 heteroatoms. The van der Waals surface area contributed by atoms with E-state index in [0.29, 0.717) is 0 Å². The summed E-state index contributed by atoms with van der Waals surface area (Å²) in [5, 5.41) is 4.82. The van der Waals surface area contributed by atoms with E-state index in [0.717, 1.165) is 33.1 Å². The van der Waals surface area contributed by atoms with Gasteiger partial charge in [-0.25, -0.2) is 4.98 Å². The molecule has 0 bridgehead atoms. The minimum Gasteiger partial charge on any atom is -0.254 e. The van der Waals surface area contributed by atoms with Gasteiger partial charge in [0.1, 0.15) is 0 Å². The predicted octanol–water partition coefficient (Wildman–Crippen LogP) is 14.6. The maximum Gasteiger partial charge on any atom is 0.0972 e. The minimum atomic E-state index is -0.227. The highest BCUT2D eigenvalue weighted by Crippen LogP contribution is 2.58. The van der Waals surface area contributed by atoms with Crippen LogP contribution in [0, 0.1) is 0 Å². The number of rotatable bonds is 4. The van der Waals surface area contributed by atoms with Gasteiger partial charge < -0.3 is 0 Å². The third kappa shape index (κ3) is 4.65. The normalized spacial score (nSPS) is 13.2. The van der Waals surface area contributed by atoms with E-state index < -0.39 is 0 Å². The molecule has 0 N–H and O–H groups in total. The van der Waals surface area contributed by atoms with E-state index in [-0.39, 0.29) is 5.41 Å². The molecule has 0 atom stereocenters. The molecule has 0 aliphatic heterocycles. The molecule has 2 nitrogen and oxygen atoms in total. The Morgan fingerprint density at radius 2 is 0.965 bits per heavy atom. The number of pyridine rings is 2. The van der Waals surface area contributed by atoms with E-state index in [9.17, 15) is 0 Å². The fraction of sp³-hybridized carbons (Fsp3) is 0.0545. The first-order chi connectivity index (χ1) is 28.0. The van der Waals surface area contributed by atoms with E-state index in [4.69, 9.17) is 9.97 Å². The first kappa shape index (κ1) is 32.1. The van der Waals surface area contributed by atoms with Gasteiger partial charge in [0.15, 0.2) is 0 Å². The Hall–Kier alpha value is -7.16. The highest BCUT2D eigenvalue weighted by molar-refractivity contribution is 6.22. The van der Waals surface area contributed by atoms with Crippen molar-refractivity contribution in [3.8, 4) is 78.0 Å². The summed E-state index contributed by atoms with van der Waals surface area (Å²) in [6.07, 6.45) is 1.85. The van der Waals surface area contributed by atoms with Gasteiger partial charge in [-0.3, -0.25) is 4.98 Å². The summed E-state index contributed by atoms with van der Waals surface area (Å²) in [5.74, 6) is 0. The third-order valence-corrected chi connectivity index (χ3v) is 12.6. The van der Waals surface area contributed by atoms with Crippen LogP contribution in [0.5, 0.6) is 0 Å². The quantitative estimate of drug-likeness (QED) is 0.169. The van der Waals surface area contributed by atoms with Crippen LogP contribution in [-0.4, -0.2) is 9.97 Å². The second-order valence-electron chi connectivity index (χ2n) is 16.1. The molecular weight excluding hydrogens is 689 g/mol. The van der Waals surface area contributed by atoms with E-state index in [1.807, 2.05) is 12.3 Å². The van der Waals surface area contributed by atoms with Crippen LogP contribution in [0.1, 0.15) is 25.0 Å². The number of fused-ring (bicyclic) bond motifs is 9. The maximum atomic E-state index is 5.22. The molecule has 10 aromatic rings. The van der Waals surface area contributed by atoms with Crippen LogP contribution in [0.3, 0.4) is 0 Å². The first-order valence-electron chi connectivity index (χ1n) is 19.8. The highest BCUT2D eigenvalue weighted by Gasteiger charge is 2.37. The standard InChI is InChI=1S/C55H36N2/c1-55(2)46-30-38(23-26-40(46)41-27-24-39(31-47(41)55)48-28-25-37-22-21-36-18-11-29-56-53(36)54(37)57-48)45-32-44(33-12-5-3-6-13-33)51-42-19-9-16-34-17-10-20-43(49(34)42)52(51)50(45)35-14-7-4-8-15-35/h3-32H,1-2H3. The molecule has 0 unspecified atom stereocenters. The Labute approximate surface area is 331 Å². The summed E-state index contributed by atoms with van der Waals surface area (Å²) < 4.78 is 0. The van der Waals surface area contributed by atoms with Gasteiger partial charge in [-0.1, -0.05) is 159 Å². The van der Waals surface area contributed by atoms with Crippen LogP contribution < -0.4 is 0 Å². The highest BCUT2D eigenvalue weighted by atomic mass is 14.8. The van der Waals surface area contributed by atoms with Crippen LogP contribution in [0.2, 0.25) is 0 Å². The average Bonchev–Trinajstić information content (AvgIpc) is 3.72. The van der Waals surface area contributed by atoms with E-state index in [2.05, 4.69) is 184 Å². The van der Waals surface area contributed by atoms with E-state index >= 15 is 0 Å².